The monoisotopic (exact) mass is 471 g/mol. The number of hydrogen-bond acceptors (Lipinski definition) is 6. The third-order valence-electron chi connectivity index (χ3n) is 6.19. The van der Waals surface area contributed by atoms with Gasteiger partial charge in [0.25, 0.3) is 5.91 Å². The Morgan fingerprint density at radius 3 is 2.73 bits per heavy atom. The van der Waals surface area contributed by atoms with E-state index in [1.54, 1.807) is 6.07 Å². The number of likely N-dealkylation sites (N-methyl/N-ethyl adjacent to an activating group) is 1. The van der Waals surface area contributed by atoms with Gasteiger partial charge in [-0.3, -0.25) is 9.59 Å². The molecule has 1 atom stereocenters. The van der Waals surface area contributed by atoms with E-state index in [1.165, 1.54) is 24.5 Å². The summed E-state index contributed by atoms with van der Waals surface area (Å²) in [4.78, 5) is 34.3. The summed E-state index contributed by atoms with van der Waals surface area (Å²) >= 11 is 5.79. The van der Waals surface area contributed by atoms with Gasteiger partial charge in [0.1, 0.15) is 23.0 Å². The van der Waals surface area contributed by atoms with Gasteiger partial charge in [0, 0.05) is 32.4 Å². The van der Waals surface area contributed by atoms with E-state index in [4.69, 9.17) is 16.3 Å². The third-order valence-corrected chi connectivity index (χ3v) is 6.41. The van der Waals surface area contributed by atoms with Crippen molar-refractivity contribution in [1.29, 1.82) is 0 Å². The zero-order chi connectivity index (χ0) is 23.3. The lowest BCUT2D eigenvalue weighted by Gasteiger charge is -2.37. The number of amides is 1. The fourth-order valence-electron chi connectivity index (χ4n) is 4.35. The third kappa shape index (κ3) is 3.81. The Morgan fingerprint density at radius 1 is 1.27 bits per heavy atom. The van der Waals surface area contributed by atoms with E-state index < -0.39 is 17.2 Å². The van der Waals surface area contributed by atoms with Gasteiger partial charge in [-0.2, -0.15) is 0 Å². The molecule has 8 nitrogen and oxygen atoms in total. The minimum atomic E-state index is -0.599. The van der Waals surface area contributed by atoms with Crippen LogP contribution in [0.25, 0.3) is 10.9 Å². The number of carbonyl (C=O) groups excluding carboxylic acids is 1. The summed E-state index contributed by atoms with van der Waals surface area (Å²) in [5, 5.41) is 3.07. The molecule has 1 aromatic carbocycles. The Morgan fingerprint density at radius 2 is 2.03 bits per heavy atom. The summed E-state index contributed by atoms with van der Waals surface area (Å²) in [5.41, 5.74) is 0.655. The minimum absolute atomic E-state index is 0.0797. The fourth-order valence-corrected chi connectivity index (χ4v) is 4.46. The van der Waals surface area contributed by atoms with Crippen LogP contribution in [0.3, 0.4) is 0 Å². The molecule has 2 aromatic heterocycles. The van der Waals surface area contributed by atoms with Crippen LogP contribution < -0.4 is 20.4 Å². The summed E-state index contributed by atoms with van der Waals surface area (Å²) in [7, 11) is 2.03. The maximum absolute atomic E-state index is 15.4. The number of rotatable bonds is 3. The molecule has 0 saturated carbocycles. The second-order valence-electron chi connectivity index (χ2n) is 8.49. The summed E-state index contributed by atoms with van der Waals surface area (Å²) < 4.78 is 23.2. The van der Waals surface area contributed by atoms with Gasteiger partial charge in [-0.15, -0.1) is 0 Å². The second-order valence-corrected chi connectivity index (χ2v) is 8.87. The standard InChI is InChI=1S/C23H23ClFN5O3/c1-13-12-33-22-19-15(9-17(25)20(22)29-7-5-28(2)6-8-29)21(31)16(11-30(13)19)23(32)27-14-3-4-18(24)26-10-14/h3-4,9-11,13H,5-8,12H2,1-2H3,(H,27,32)/t13-/m0/s1. The number of nitrogens with zero attached hydrogens (tertiary/aromatic N) is 4. The predicted octanol–water partition coefficient (Wildman–Crippen LogP) is 3.15. The van der Waals surface area contributed by atoms with Crippen LogP contribution in [-0.4, -0.2) is 60.2 Å². The van der Waals surface area contributed by atoms with Crippen molar-refractivity contribution in [2.45, 2.75) is 13.0 Å². The first-order chi connectivity index (χ1) is 15.8. The van der Waals surface area contributed by atoms with Gasteiger partial charge < -0.3 is 24.4 Å². The van der Waals surface area contributed by atoms with Crippen LogP contribution in [0.4, 0.5) is 15.8 Å². The van der Waals surface area contributed by atoms with Gasteiger partial charge in [-0.05, 0) is 32.2 Å². The zero-order valence-corrected chi connectivity index (χ0v) is 19.0. The molecular formula is C23H23ClFN5O3. The van der Waals surface area contributed by atoms with Gasteiger partial charge in [0.15, 0.2) is 11.6 Å². The zero-order valence-electron chi connectivity index (χ0n) is 18.3. The molecule has 0 aliphatic carbocycles. The topological polar surface area (TPSA) is 79.7 Å². The van der Waals surface area contributed by atoms with Crippen molar-refractivity contribution in [3.8, 4) is 5.75 Å². The Labute approximate surface area is 194 Å². The van der Waals surface area contributed by atoms with Gasteiger partial charge >= 0.3 is 0 Å². The van der Waals surface area contributed by atoms with Crippen LogP contribution in [0.15, 0.2) is 35.4 Å². The average molecular weight is 472 g/mol. The molecule has 0 radical (unpaired) electrons. The van der Waals surface area contributed by atoms with Crippen molar-refractivity contribution in [1.82, 2.24) is 14.5 Å². The summed E-state index contributed by atoms with van der Waals surface area (Å²) in [6.45, 7) is 5.15. The van der Waals surface area contributed by atoms with E-state index in [9.17, 15) is 9.59 Å². The Hall–Kier alpha value is -3.17. The van der Waals surface area contributed by atoms with E-state index in [1.807, 2.05) is 23.4 Å². The molecule has 33 heavy (non-hydrogen) atoms. The first kappa shape index (κ1) is 21.7. The normalized spacial score (nSPS) is 18.3. The molecule has 0 bridgehead atoms. The van der Waals surface area contributed by atoms with Gasteiger partial charge in [-0.25, -0.2) is 9.37 Å². The smallest absolute Gasteiger partial charge is 0.261 e. The number of pyridine rings is 2. The number of carbonyl (C=O) groups is 1. The largest absolute Gasteiger partial charge is 0.487 e. The van der Waals surface area contributed by atoms with Crippen molar-refractivity contribution >= 4 is 39.8 Å². The Kier molecular flexibility index (Phi) is 5.46. The number of anilines is 2. The van der Waals surface area contributed by atoms with Crippen LogP contribution in [-0.2, 0) is 0 Å². The Balaban J connectivity index is 1.63. The highest BCUT2D eigenvalue weighted by atomic mass is 35.5. The fraction of sp³-hybridized carbons (Fsp3) is 0.348. The Bertz CT molecular complexity index is 1300. The highest BCUT2D eigenvalue weighted by Gasteiger charge is 2.31. The average Bonchev–Trinajstić information content (AvgIpc) is 2.79. The molecule has 1 amide bonds. The summed E-state index contributed by atoms with van der Waals surface area (Å²) in [6.07, 6.45) is 2.94. The SMILES string of the molecule is C[C@H]1COc2c(N3CCN(C)CC3)c(F)cc3c(=O)c(C(=O)Nc4ccc(Cl)nc4)cn1c23. The molecule has 1 saturated heterocycles. The first-order valence-corrected chi connectivity index (χ1v) is 11.1. The quantitative estimate of drug-likeness (QED) is 0.591. The number of benzene rings is 1. The highest BCUT2D eigenvalue weighted by Crippen LogP contribution is 2.42. The van der Waals surface area contributed by atoms with E-state index >= 15 is 4.39 Å². The maximum Gasteiger partial charge on any atom is 0.261 e. The van der Waals surface area contributed by atoms with Crippen LogP contribution in [0.1, 0.15) is 23.3 Å². The van der Waals surface area contributed by atoms with E-state index in [0.29, 0.717) is 42.3 Å². The predicted molar refractivity (Wildman–Crippen MR) is 125 cm³/mol. The van der Waals surface area contributed by atoms with Crippen molar-refractivity contribution in [3.63, 3.8) is 0 Å². The number of hydrogen-bond donors (Lipinski definition) is 1. The van der Waals surface area contributed by atoms with Crippen LogP contribution in [0, 0.1) is 5.82 Å². The van der Waals surface area contributed by atoms with Gasteiger partial charge in [-0.1, -0.05) is 11.6 Å². The van der Waals surface area contributed by atoms with E-state index in [2.05, 4.69) is 15.2 Å². The van der Waals surface area contributed by atoms with Gasteiger partial charge in [0.2, 0.25) is 5.43 Å². The van der Waals surface area contributed by atoms with E-state index in [-0.39, 0.29) is 22.1 Å². The minimum Gasteiger partial charge on any atom is -0.487 e. The second kappa shape index (κ2) is 8.31. The van der Waals surface area contributed by atoms with Crippen LogP contribution in [0.5, 0.6) is 5.75 Å². The van der Waals surface area contributed by atoms with Crippen molar-refractivity contribution < 1.29 is 13.9 Å². The molecule has 10 heteroatoms. The number of nitrogens with one attached hydrogen (secondary N) is 1. The van der Waals surface area contributed by atoms with Crippen LogP contribution in [0.2, 0.25) is 5.15 Å². The van der Waals surface area contributed by atoms with Crippen molar-refractivity contribution in [2.24, 2.45) is 0 Å². The lowest BCUT2D eigenvalue weighted by Crippen LogP contribution is -2.45. The molecule has 2 aliphatic heterocycles. The molecular weight excluding hydrogens is 449 g/mol. The van der Waals surface area contributed by atoms with E-state index in [0.717, 1.165) is 13.1 Å². The van der Waals surface area contributed by atoms with Crippen molar-refractivity contribution in [3.05, 3.63) is 57.3 Å². The molecule has 0 spiro atoms. The maximum atomic E-state index is 15.4. The molecule has 172 valence electrons. The molecule has 3 aromatic rings. The molecule has 1 fully saturated rings. The number of aromatic nitrogens is 2. The van der Waals surface area contributed by atoms with Gasteiger partial charge in [0.05, 0.1) is 28.8 Å². The summed E-state index contributed by atoms with van der Waals surface area (Å²) in [5.74, 6) is -0.767. The van der Waals surface area contributed by atoms with Crippen molar-refractivity contribution in [2.75, 3.05) is 50.1 Å². The highest BCUT2D eigenvalue weighted by molar-refractivity contribution is 6.29. The lowest BCUT2D eigenvalue weighted by atomic mass is 10.0. The number of halogens is 2. The lowest BCUT2D eigenvalue weighted by molar-refractivity contribution is 0.102. The molecule has 1 N–H and O–H groups in total. The molecule has 4 heterocycles. The number of ether oxygens (including phenoxy) is 1. The molecule has 0 unspecified atom stereocenters. The number of piperazine rings is 1. The first-order valence-electron chi connectivity index (χ1n) is 10.7. The van der Waals surface area contributed by atoms with Crippen LogP contribution >= 0.6 is 11.6 Å². The molecule has 2 aliphatic rings. The molecule has 5 rings (SSSR count). The summed E-state index contributed by atoms with van der Waals surface area (Å²) in [6, 6.07) is 4.21.